The summed E-state index contributed by atoms with van der Waals surface area (Å²) in [4.78, 5) is 26.9. The number of benzene rings is 1. The number of nitrogens with zero attached hydrogens (tertiary/aromatic N) is 4. The van der Waals surface area contributed by atoms with E-state index in [0.717, 1.165) is 50.4 Å². The first kappa shape index (κ1) is 17.3. The van der Waals surface area contributed by atoms with Crippen molar-refractivity contribution in [1.82, 2.24) is 24.8 Å². The Balaban J connectivity index is 1.54. The highest BCUT2D eigenvalue weighted by atomic mass is 32.1. The molecule has 3 aromatic heterocycles. The average molecular weight is 392 g/mol. The van der Waals surface area contributed by atoms with Crippen molar-refractivity contribution in [2.75, 3.05) is 0 Å². The standard InChI is InChI=1S/C21H21N5OS/c1-21(2,25-18(27)12-7-8-12)14-6-4-5-13(9-14)19-24-16-17-15(23-11-26(17)3)10-22-20(16)28-19/h4-6,9-12H,7-8H2,1-3H3,(H,25,27). The van der Waals surface area contributed by atoms with Crippen LogP contribution in [-0.4, -0.2) is 25.4 Å². The number of carbonyl (C=O) groups excluding carboxylic acids is 1. The van der Waals surface area contributed by atoms with Crippen molar-refractivity contribution in [3.63, 3.8) is 0 Å². The van der Waals surface area contributed by atoms with Gasteiger partial charge in [0.05, 0.1) is 23.6 Å². The van der Waals surface area contributed by atoms with E-state index in [1.807, 2.05) is 31.5 Å². The number of aryl methyl sites for hydroxylation is 1. The number of hydrogen-bond donors (Lipinski definition) is 1. The van der Waals surface area contributed by atoms with Crippen LogP contribution in [0.1, 0.15) is 32.3 Å². The molecular formula is C21H21N5OS. The number of hydrogen-bond acceptors (Lipinski definition) is 5. The molecule has 1 saturated carbocycles. The van der Waals surface area contributed by atoms with E-state index in [1.54, 1.807) is 23.9 Å². The van der Waals surface area contributed by atoms with Crippen LogP contribution >= 0.6 is 11.3 Å². The summed E-state index contributed by atoms with van der Waals surface area (Å²) in [5.41, 5.74) is 4.40. The molecule has 1 amide bonds. The van der Waals surface area contributed by atoms with Crippen LogP contribution in [0.25, 0.3) is 32.0 Å². The Morgan fingerprint density at radius 1 is 1.29 bits per heavy atom. The van der Waals surface area contributed by atoms with Crippen LogP contribution in [0.4, 0.5) is 0 Å². The predicted octanol–water partition coefficient (Wildman–Crippen LogP) is 4.01. The van der Waals surface area contributed by atoms with Gasteiger partial charge in [-0.05, 0) is 38.3 Å². The zero-order valence-corrected chi connectivity index (χ0v) is 16.9. The lowest BCUT2D eigenvalue weighted by atomic mass is 9.92. The van der Waals surface area contributed by atoms with Gasteiger partial charge in [-0.25, -0.2) is 15.0 Å². The second kappa shape index (κ2) is 6.10. The van der Waals surface area contributed by atoms with Crippen molar-refractivity contribution in [3.8, 4) is 10.6 Å². The number of nitrogens with one attached hydrogen (secondary N) is 1. The fraction of sp³-hybridized carbons (Fsp3) is 0.333. The van der Waals surface area contributed by atoms with Crippen LogP contribution in [-0.2, 0) is 17.4 Å². The lowest BCUT2D eigenvalue weighted by molar-refractivity contribution is -0.124. The van der Waals surface area contributed by atoms with Gasteiger partial charge in [0.15, 0.2) is 0 Å². The van der Waals surface area contributed by atoms with Crippen LogP contribution < -0.4 is 5.32 Å². The van der Waals surface area contributed by atoms with Crippen LogP contribution in [0.2, 0.25) is 0 Å². The van der Waals surface area contributed by atoms with Crippen molar-refractivity contribution >= 4 is 38.6 Å². The molecule has 1 N–H and O–H groups in total. The summed E-state index contributed by atoms with van der Waals surface area (Å²) in [5, 5.41) is 4.11. The number of aromatic nitrogens is 4. The molecule has 0 radical (unpaired) electrons. The summed E-state index contributed by atoms with van der Waals surface area (Å²) < 4.78 is 1.98. The number of thiazole rings is 1. The minimum Gasteiger partial charge on any atom is -0.347 e. The Bertz CT molecular complexity index is 1220. The highest BCUT2D eigenvalue weighted by Gasteiger charge is 2.33. The summed E-state index contributed by atoms with van der Waals surface area (Å²) >= 11 is 1.57. The van der Waals surface area contributed by atoms with Crippen LogP contribution in [0, 0.1) is 5.92 Å². The average Bonchev–Trinajstić information content (AvgIpc) is 3.34. The van der Waals surface area contributed by atoms with Crippen molar-refractivity contribution in [2.24, 2.45) is 13.0 Å². The zero-order valence-electron chi connectivity index (χ0n) is 16.1. The van der Waals surface area contributed by atoms with E-state index in [-0.39, 0.29) is 11.8 Å². The molecule has 5 rings (SSSR count). The maximum atomic E-state index is 12.3. The molecule has 6 nitrogen and oxygen atoms in total. The number of carbonyl (C=O) groups is 1. The topological polar surface area (TPSA) is 72.7 Å². The van der Waals surface area contributed by atoms with E-state index in [2.05, 4.69) is 33.5 Å². The monoisotopic (exact) mass is 391 g/mol. The first-order valence-corrected chi connectivity index (χ1v) is 10.2. The molecule has 28 heavy (non-hydrogen) atoms. The largest absolute Gasteiger partial charge is 0.347 e. The molecule has 0 atom stereocenters. The van der Waals surface area contributed by atoms with Crippen LogP contribution in [0.15, 0.2) is 36.8 Å². The predicted molar refractivity (Wildman–Crippen MR) is 111 cm³/mol. The third-order valence-electron chi connectivity index (χ3n) is 5.32. The Labute approximate surface area is 166 Å². The number of amides is 1. The van der Waals surface area contributed by atoms with Gasteiger partial charge in [0.2, 0.25) is 5.91 Å². The first-order valence-electron chi connectivity index (χ1n) is 9.42. The van der Waals surface area contributed by atoms with Crippen molar-refractivity contribution in [1.29, 1.82) is 0 Å². The highest BCUT2D eigenvalue weighted by molar-refractivity contribution is 7.21. The maximum absolute atomic E-state index is 12.3. The van der Waals surface area contributed by atoms with Gasteiger partial charge in [0, 0.05) is 18.5 Å². The first-order chi connectivity index (χ1) is 13.4. The molecule has 3 heterocycles. The van der Waals surface area contributed by atoms with Gasteiger partial charge in [0.25, 0.3) is 0 Å². The molecule has 0 saturated heterocycles. The molecule has 4 aromatic rings. The van der Waals surface area contributed by atoms with Crippen molar-refractivity contribution < 1.29 is 4.79 Å². The van der Waals surface area contributed by atoms with Crippen LogP contribution in [0.5, 0.6) is 0 Å². The molecule has 1 fully saturated rings. The summed E-state index contributed by atoms with van der Waals surface area (Å²) in [7, 11) is 1.97. The van der Waals surface area contributed by atoms with E-state index in [1.165, 1.54) is 0 Å². The third-order valence-corrected chi connectivity index (χ3v) is 6.33. The number of imidazole rings is 1. The second-order valence-electron chi connectivity index (χ2n) is 7.99. The Hall–Kier alpha value is -2.80. The molecule has 0 aliphatic heterocycles. The smallest absolute Gasteiger partial charge is 0.223 e. The summed E-state index contributed by atoms with van der Waals surface area (Å²) in [5.74, 6) is 0.345. The minimum atomic E-state index is -0.431. The summed E-state index contributed by atoms with van der Waals surface area (Å²) in [6.45, 7) is 4.09. The van der Waals surface area contributed by atoms with Gasteiger partial charge in [-0.2, -0.15) is 0 Å². The molecule has 1 aliphatic carbocycles. The second-order valence-corrected chi connectivity index (χ2v) is 8.97. The Morgan fingerprint density at radius 2 is 2.11 bits per heavy atom. The molecule has 0 unspecified atom stereocenters. The fourth-order valence-electron chi connectivity index (χ4n) is 3.50. The molecule has 1 aromatic carbocycles. The molecule has 142 valence electrons. The van der Waals surface area contributed by atoms with Gasteiger partial charge in [-0.3, -0.25) is 4.79 Å². The summed E-state index contributed by atoms with van der Waals surface area (Å²) in [6, 6.07) is 8.25. The molecule has 1 aliphatic rings. The minimum absolute atomic E-state index is 0.151. The normalized spacial score (nSPS) is 14.7. The van der Waals surface area contributed by atoms with Gasteiger partial charge in [0.1, 0.15) is 20.9 Å². The lowest BCUT2D eigenvalue weighted by Gasteiger charge is -2.27. The van der Waals surface area contributed by atoms with Crippen LogP contribution in [0.3, 0.4) is 0 Å². The van der Waals surface area contributed by atoms with Gasteiger partial charge in [-0.15, -0.1) is 0 Å². The zero-order chi connectivity index (χ0) is 19.5. The molecular weight excluding hydrogens is 370 g/mol. The molecule has 0 spiro atoms. The number of pyridine rings is 1. The van der Waals surface area contributed by atoms with E-state index in [9.17, 15) is 4.79 Å². The number of fused-ring (bicyclic) bond motifs is 3. The van der Waals surface area contributed by atoms with Gasteiger partial charge >= 0.3 is 0 Å². The SMILES string of the molecule is Cn1cnc2cnc3sc(-c4cccc(C(C)(C)NC(=O)C5CC5)c4)nc3c21. The molecule has 7 heteroatoms. The van der Waals surface area contributed by atoms with Gasteiger partial charge < -0.3 is 9.88 Å². The lowest BCUT2D eigenvalue weighted by Crippen LogP contribution is -2.41. The molecule has 0 bridgehead atoms. The van der Waals surface area contributed by atoms with E-state index >= 15 is 0 Å². The summed E-state index contributed by atoms with van der Waals surface area (Å²) in [6.07, 6.45) is 5.59. The highest BCUT2D eigenvalue weighted by Crippen LogP contribution is 2.35. The van der Waals surface area contributed by atoms with E-state index in [0.29, 0.717) is 0 Å². The quantitative estimate of drug-likeness (QED) is 0.571. The third kappa shape index (κ3) is 2.86. The maximum Gasteiger partial charge on any atom is 0.223 e. The Kier molecular flexibility index (Phi) is 3.77. The number of rotatable bonds is 4. The van der Waals surface area contributed by atoms with Crippen molar-refractivity contribution in [2.45, 2.75) is 32.2 Å². The Morgan fingerprint density at radius 3 is 2.89 bits per heavy atom. The van der Waals surface area contributed by atoms with Gasteiger partial charge in [-0.1, -0.05) is 29.5 Å². The fourth-order valence-corrected chi connectivity index (χ4v) is 4.41. The van der Waals surface area contributed by atoms with E-state index in [4.69, 9.17) is 4.98 Å². The van der Waals surface area contributed by atoms with E-state index < -0.39 is 5.54 Å². The van der Waals surface area contributed by atoms with Crippen molar-refractivity contribution in [3.05, 3.63) is 42.4 Å².